The van der Waals surface area contributed by atoms with Gasteiger partial charge in [0.25, 0.3) is 0 Å². The summed E-state index contributed by atoms with van der Waals surface area (Å²) in [4.78, 5) is 2.81. The maximum atomic E-state index is 2.81. The van der Waals surface area contributed by atoms with E-state index in [4.69, 9.17) is 0 Å². The SMILES string of the molecule is CC(C)(C)c1ccc(N2B3c4cc5c(cc4-n4c6cc7c(cc6c6c8c(c(c3c64)-c3cc4c(cc32)C(C)(C)c2ccccc2-4)-c2ccccc2C8(C)C)C(C)(C)CCC7(C)C)-c2ccccc2C5(C)C)cc1. The summed E-state index contributed by atoms with van der Waals surface area (Å²) < 4.78 is 2.80. The molecule has 0 unspecified atom stereocenters. The highest BCUT2D eigenvalue weighted by molar-refractivity contribution is 6.94. The molecule has 72 heavy (non-hydrogen) atoms. The van der Waals surface area contributed by atoms with E-state index in [1.165, 1.54) is 157 Å². The molecule has 4 aliphatic carbocycles. The molecule has 3 heteroatoms. The normalized spacial score (nSPS) is 18.7. The minimum atomic E-state index is -0.257. The molecule has 0 bridgehead atoms. The van der Waals surface area contributed by atoms with Crippen LogP contribution in [0.25, 0.3) is 72.0 Å². The van der Waals surface area contributed by atoms with E-state index in [1.807, 2.05) is 0 Å². The zero-order valence-corrected chi connectivity index (χ0v) is 44.6. The molecule has 1 aromatic heterocycles. The van der Waals surface area contributed by atoms with E-state index in [0.29, 0.717) is 0 Å². The van der Waals surface area contributed by atoms with E-state index in [-0.39, 0.29) is 39.3 Å². The lowest BCUT2D eigenvalue weighted by molar-refractivity contribution is 0.332. The van der Waals surface area contributed by atoms with Crippen LogP contribution in [0.5, 0.6) is 0 Å². The Morgan fingerprint density at radius 3 is 1.61 bits per heavy atom. The fourth-order valence-electron chi connectivity index (χ4n) is 15.7. The van der Waals surface area contributed by atoms with Gasteiger partial charge in [0.05, 0.1) is 11.0 Å². The number of fused-ring (bicyclic) bond motifs is 20. The van der Waals surface area contributed by atoms with Crippen molar-refractivity contribution in [1.29, 1.82) is 0 Å². The van der Waals surface area contributed by atoms with Crippen molar-refractivity contribution in [2.24, 2.45) is 0 Å². The van der Waals surface area contributed by atoms with Crippen LogP contribution >= 0.6 is 0 Å². The molecule has 15 rings (SSSR count). The largest absolute Gasteiger partial charge is 0.376 e. The molecule has 9 aromatic rings. The number of aromatic nitrogens is 1. The standard InChI is InChI=1S/C69H65BN2/c1-64(2,3)38-26-28-39(29-27-38)72-56-36-51-43(40-20-14-17-23-47(40)68(51,10)11)32-45(56)59-58-42-22-16-19-25-49(42)69(12,13)61(58)60-46-33-52-53(66(6,7)31-30-65(52,4)5)37-55(46)71-57-34-44-41-21-15-18-24-48(41)67(8,9)50(44)35-54(57)70(72)62(59)63(60)71/h14-29,32-37H,30-31H2,1-13H3. The summed E-state index contributed by atoms with van der Waals surface area (Å²) in [6, 6.07) is 53.6. The zero-order valence-electron chi connectivity index (χ0n) is 44.6. The number of hydrogen-bond donors (Lipinski definition) is 0. The van der Waals surface area contributed by atoms with Gasteiger partial charge in [-0.05, 0) is 171 Å². The van der Waals surface area contributed by atoms with Gasteiger partial charge in [-0.15, -0.1) is 0 Å². The second-order valence-corrected chi connectivity index (χ2v) is 26.7. The molecule has 8 aromatic carbocycles. The minimum absolute atomic E-state index is 0.0241. The fraction of sp³-hybridized carbons (Fsp3) is 0.304. The van der Waals surface area contributed by atoms with Gasteiger partial charge in [0.1, 0.15) is 0 Å². The molecule has 0 radical (unpaired) electrons. The lowest BCUT2D eigenvalue weighted by Gasteiger charge is -2.44. The maximum absolute atomic E-state index is 2.81. The van der Waals surface area contributed by atoms with Gasteiger partial charge in [-0.25, -0.2) is 0 Å². The Hall–Kier alpha value is -6.58. The smallest absolute Gasteiger partial charge is 0.333 e. The average Bonchev–Trinajstić information content (AvgIpc) is 3.97. The first kappa shape index (κ1) is 43.0. The summed E-state index contributed by atoms with van der Waals surface area (Å²) in [6.45, 7) is 31.8. The van der Waals surface area contributed by atoms with E-state index in [1.54, 1.807) is 0 Å². The van der Waals surface area contributed by atoms with Gasteiger partial charge in [-0.1, -0.05) is 181 Å². The Morgan fingerprint density at radius 2 is 1.00 bits per heavy atom. The summed E-state index contributed by atoms with van der Waals surface area (Å²) in [5.74, 6) is 0. The Kier molecular flexibility index (Phi) is 7.86. The Balaban J connectivity index is 1.20. The van der Waals surface area contributed by atoms with Crippen molar-refractivity contribution in [3.8, 4) is 50.2 Å². The van der Waals surface area contributed by atoms with Crippen LogP contribution in [0.4, 0.5) is 11.4 Å². The van der Waals surface area contributed by atoms with Gasteiger partial charge in [0, 0.05) is 49.6 Å². The van der Waals surface area contributed by atoms with E-state index in [0.717, 1.165) is 0 Å². The molecular formula is C69H65BN2. The van der Waals surface area contributed by atoms with E-state index in [2.05, 4.69) is 233 Å². The first-order chi connectivity index (χ1) is 34.1. The first-order valence-corrected chi connectivity index (χ1v) is 26.9. The summed E-state index contributed by atoms with van der Waals surface area (Å²) >= 11 is 0. The van der Waals surface area contributed by atoms with Gasteiger partial charge in [-0.3, -0.25) is 0 Å². The van der Waals surface area contributed by atoms with Gasteiger partial charge in [0.15, 0.2) is 0 Å². The third-order valence-corrected chi connectivity index (χ3v) is 19.7. The van der Waals surface area contributed by atoms with Crippen LogP contribution in [0.2, 0.25) is 0 Å². The summed E-state index contributed by atoms with van der Waals surface area (Å²) in [5.41, 5.74) is 33.0. The van der Waals surface area contributed by atoms with E-state index >= 15 is 0 Å². The highest BCUT2D eigenvalue weighted by Crippen LogP contribution is 2.62. The molecule has 0 spiro atoms. The molecule has 2 nitrogen and oxygen atoms in total. The lowest BCUT2D eigenvalue weighted by atomic mass is 9.43. The second-order valence-electron chi connectivity index (χ2n) is 26.7. The minimum Gasteiger partial charge on any atom is -0.376 e. The van der Waals surface area contributed by atoms with Gasteiger partial charge in [-0.2, -0.15) is 0 Å². The summed E-state index contributed by atoms with van der Waals surface area (Å²) in [7, 11) is 0. The number of rotatable bonds is 1. The van der Waals surface area contributed by atoms with E-state index in [9.17, 15) is 0 Å². The molecule has 0 amide bonds. The number of hydrogen-bond acceptors (Lipinski definition) is 1. The number of nitrogens with zero attached hydrogens (tertiary/aromatic N) is 2. The van der Waals surface area contributed by atoms with E-state index < -0.39 is 0 Å². The number of anilines is 2. The third-order valence-electron chi connectivity index (χ3n) is 19.7. The van der Waals surface area contributed by atoms with Crippen LogP contribution in [-0.2, 0) is 32.5 Å². The monoisotopic (exact) mass is 933 g/mol. The van der Waals surface area contributed by atoms with Crippen molar-refractivity contribution < 1.29 is 0 Å². The van der Waals surface area contributed by atoms with Crippen molar-refractivity contribution in [2.75, 3.05) is 4.81 Å². The molecule has 2 aliphatic heterocycles. The van der Waals surface area contributed by atoms with Crippen molar-refractivity contribution in [3.63, 3.8) is 0 Å². The molecular weight excluding hydrogens is 868 g/mol. The highest BCUT2D eigenvalue weighted by Gasteiger charge is 2.52. The molecule has 0 fully saturated rings. The third kappa shape index (κ3) is 5.04. The summed E-state index contributed by atoms with van der Waals surface area (Å²) in [6.07, 6.45) is 2.35. The Bertz CT molecular complexity index is 3990. The highest BCUT2D eigenvalue weighted by atomic mass is 15.1. The van der Waals surface area contributed by atoms with Crippen molar-refractivity contribution >= 4 is 51.0 Å². The fourth-order valence-corrected chi connectivity index (χ4v) is 15.7. The molecule has 0 atom stereocenters. The lowest BCUT2D eigenvalue weighted by Crippen LogP contribution is -2.61. The quantitative estimate of drug-likeness (QED) is 0.149. The van der Waals surface area contributed by atoms with Crippen molar-refractivity contribution in [2.45, 2.75) is 135 Å². The predicted molar refractivity (Wildman–Crippen MR) is 306 cm³/mol. The first-order valence-electron chi connectivity index (χ1n) is 26.9. The summed E-state index contributed by atoms with van der Waals surface area (Å²) in [5, 5.41) is 2.84. The molecule has 0 saturated carbocycles. The van der Waals surface area contributed by atoms with Crippen LogP contribution in [-0.4, -0.2) is 11.4 Å². The van der Waals surface area contributed by atoms with Crippen LogP contribution in [0.1, 0.15) is 153 Å². The Labute approximate surface area is 427 Å². The molecule has 0 N–H and O–H groups in total. The predicted octanol–water partition coefficient (Wildman–Crippen LogP) is 16.6. The topological polar surface area (TPSA) is 8.17 Å². The van der Waals surface area contributed by atoms with Gasteiger partial charge >= 0.3 is 6.85 Å². The average molecular weight is 933 g/mol. The van der Waals surface area contributed by atoms with Crippen LogP contribution in [0.3, 0.4) is 0 Å². The second kappa shape index (κ2) is 13.1. The van der Waals surface area contributed by atoms with Crippen molar-refractivity contribution in [3.05, 3.63) is 184 Å². The van der Waals surface area contributed by atoms with Crippen molar-refractivity contribution in [1.82, 2.24) is 4.57 Å². The van der Waals surface area contributed by atoms with Crippen LogP contribution < -0.4 is 15.7 Å². The molecule has 354 valence electrons. The zero-order chi connectivity index (χ0) is 49.7. The van der Waals surface area contributed by atoms with Gasteiger partial charge < -0.3 is 9.38 Å². The van der Waals surface area contributed by atoms with Gasteiger partial charge in [0.2, 0.25) is 0 Å². The molecule has 6 aliphatic rings. The molecule has 0 saturated heterocycles. The van der Waals surface area contributed by atoms with Crippen LogP contribution in [0.15, 0.2) is 133 Å². The molecule has 3 heterocycles. The number of benzene rings is 8. The van der Waals surface area contributed by atoms with Crippen LogP contribution in [0, 0.1) is 0 Å². The maximum Gasteiger partial charge on any atom is 0.333 e. The Morgan fingerprint density at radius 1 is 0.458 bits per heavy atom.